The quantitative estimate of drug-likeness (QED) is 0.377. The molecule has 2 aromatic carbocycles. The number of fused-ring (bicyclic) bond motifs is 1. The third kappa shape index (κ3) is 5.06. The SMILES string of the molecule is C=C(C(C)C)C1CCC(CCc2cc(-c3cccc4c3C=CC4)cc(C3CCCCC3)c2)C1. The van der Waals surface area contributed by atoms with Crippen LogP contribution in [-0.4, -0.2) is 0 Å². The van der Waals surface area contributed by atoms with E-state index in [1.54, 1.807) is 11.1 Å². The van der Waals surface area contributed by atoms with Crippen LogP contribution in [0.2, 0.25) is 0 Å². The second-order valence-electron chi connectivity index (χ2n) is 11.4. The van der Waals surface area contributed by atoms with Crippen molar-refractivity contribution in [3.63, 3.8) is 0 Å². The van der Waals surface area contributed by atoms with E-state index in [1.807, 2.05) is 0 Å². The van der Waals surface area contributed by atoms with Gasteiger partial charge in [0.1, 0.15) is 0 Å². The average Bonchev–Trinajstić information content (AvgIpc) is 3.52. The Morgan fingerprint density at radius 2 is 1.85 bits per heavy atom. The molecule has 0 saturated heterocycles. The summed E-state index contributed by atoms with van der Waals surface area (Å²) >= 11 is 0. The van der Waals surface area contributed by atoms with Gasteiger partial charge in [-0.2, -0.15) is 0 Å². The lowest BCUT2D eigenvalue weighted by atomic mass is 9.81. The zero-order valence-corrected chi connectivity index (χ0v) is 20.9. The molecule has 2 unspecified atom stereocenters. The fourth-order valence-corrected chi connectivity index (χ4v) is 6.75. The van der Waals surface area contributed by atoms with Crippen LogP contribution in [0, 0.1) is 17.8 Å². The van der Waals surface area contributed by atoms with Gasteiger partial charge in [0.15, 0.2) is 0 Å². The summed E-state index contributed by atoms with van der Waals surface area (Å²) in [6.07, 6.45) is 19.4. The second kappa shape index (κ2) is 10.0. The molecule has 0 heteroatoms. The molecule has 5 rings (SSSR count). The van der Waals surface area contributed by atoms with Crippen LogP contribution < -0.4 is 0 Å². The van der Waals surface area contributed by atoms with Gasteiger partial charge in [-0.3, -0.25) is 0 Å². The van der Waals surface area contributed by atoms with Crippen molar-refractivity contribution in [3.8, 4) is 11.1 Å². The summed E-state index contributed by atoms with van der Waals surface area (Å²) < 4.78 is 0. The Kier molecular flexibility index (Phi) is 6.91. The van der Waals surface area contributed by atoms with Crippen LogP contribution in [0.15, 0.2) is 54.6 Å². The lowest BCUT2D eigenvalue weighted by molar-refractivity contribution is 0.443. The van der Waals surface area contributed by atoms with Crippen LogP contribution in [0.1, 0.15) is 99.8 Å². The van der Waals surface area contributed by atoms with Gasteiger partial charge in [-0.15, -0.1) is 0 Å². The fourth-order valence-electron chi connectivity index (χ4n) is 6.75. The van der Waals surface area contributed by atoms with E-state index < -0.39 is 0 Å². The molecule has 0 heterocycles. The van der Waals surface area contributed by atoms with Gasteiger partial charge in [-0.1, -0.05) is 93.8 Å². The Morgan fingerprint density at radius 3 is 2.67 bits per heavy atom. The predicted molar refractivity (Wildman–Crippen MR) is 144 cm³/mol. The van der Waals surface area contributed by atoms with E-state index in [4.69, 9.17) is 0 Å². The molecule has 0 amide bonds. The topological polar surface area (TPSA) is 0 Å². The highest BCUT2D eigenvalue weighted by molar-refractivity contribution is 5.80. The summed E-state index contributed by atoms with van der Waals surface area (Å²) in [5, 5.41) is 0. The van der Waals surface area contributed by atoms with Crippen LogP contribution >= 0.6 is 0 Å². The summed E-state index contributed by atoms with van der Waals surface area (Å²) in [5.41, 5.74) is 10.5. The van der Waals surface area contributed by atoms with Gasteiger partial charge in [0.2, 0.25) is 0 Å². The molecule has 2 saturated carbocycles. The number of hydrogen-bond donors (Lipinski definition) is 0. The number of aryl methyl sites for hydroxylation is 1. The Bertz CT molecular complexity index is 1010. The zero-order valence-electron chi connectivity index (χ0n) is 20.9. The van der Waals surface area contributed by atoms with E-state index in [0.717, 1.165) is 24.2 Å². The number of benzene rings is 2. The number of allylic oxidation sites excluding steroid dienone is 2. The van der Waals surface area contributed by atoms with E-state index in [1.165, 1.54) is 92.0 Å². The minimum Gasteiger partial charge on any atom is -0.0993 e. The molecule has 2 atom stereocenters. The molecule has 0 radical (unpaired) electrons. The normalized spacial score (nSPS) is 22.8. The molecular weight excluding hydrogens is 396 g/mol. The highest BCUT2D eigenvalue weighted by Gasteiger charge is 2.27. The summed E-state index contributed by atoms with van der Waals surface area (Å²) in [6.45, 7) is 9.04. The summed E-state index contributed by atoms with van der Waals surface area (Å²) in [6, 6.07) is 14.5. The smallest absolute Gasteiger partial charge is 0.00879 e. The Hall–Kier alpha value is -2.08. The van der Waals surface area contributed by atoms with Crippen LogP contribution in [0.3, 0.4) is 0 Å². The molecule has 0 nitrogen and oxygen atoms in total. The second-order valence-corrected chi connectivity index (χ2v) is 11.4. The summed E-state index contributed by atoms with van der Waals surface area (Å²) in [4.78, 5) is 0. The summed E-state index contributed by atoms with van der Waals surface area (Å²) in [7, 11) is 0. The minimum absolute atomic E-state index is 0.630. The van der Waals surface area contributed by atoms with Crippen molar-refractivity contribution in [3.05, 3.63) is 76.9 Å². The first-order valence-electron chi connectivity index (χ1n) is 13.7. The van der Waals surface area contributed by atoms with Gasteiger partial charge < -0.3 is 0 Å². The van der Waals surface area contributed by atoms with Crippen LogP contribution in [0.4, 0.5) is 0 Å². The molecule has 33 heavy (non-hydrogen) atoms. The zero-order chi connectivity index (χ0) is 22.8. The van der Waals surface area contributed by atoms with Crippen molar-refractivity contribution in [2.45, 2.75) is 90.4 Å². The van der Waals surface area contributed by atoms with Crippen molar-refractivity contribution in [1.29, 1.82) is 0 Å². The third-order valence-corrected chi connectivity index (χ3v) is 8.87. The average molecular weight is 439 g/mol. The van der Waals surface area contributed by atoms with E-state index in [2.05, 4.69) is 69.0 Å². The predicted octanol–water partition coefficient (Wildman–Crippen LogP) is 9.53. The van der Waals surface area contributed by atoms with E-state index in [0.29, 0.717) is 5.92 Å². The first kappa shape index (κ1) is 22.7. The first-order valence-corrected chi connectivity index (χ1v) is 13.7. The van der Waals surface area contributed by atoms with Gasteiger partial charge in [0.25, 0.3) is 0 Å². The Balaban J connectivity index is 1.38. The monoisotopic (exact) mass is 438 g/mol. The maximum absolute atomic E-state index is 4.42. The van der Waals surface area contributed by atoms with Crippen LogP contribution in [-0.2, 0) is 12.8 Å². The molecule has 0 bridgehead atoms. The number of hydrogen-bond acceptors (Lipinski definition) is 0. The Labute approximate surface area is 202 Å². The van der Waals surface area contributed by atoms with Gasteiger partial charge in [0, 0.05) is 0 Å². The van der Waals surface area contributed by atoms with Gasteiger partial charge in [0.05, 0.1) is 0 Å². The molecule has 174 valence electrons. The van der Waals surface area contributed by atoms with Crippen molar-refractivity contribution in [2.24, 2.45) is 17.8 Å². The lowest BCUT2D eigenvalue weighted by Gasteiger charge is -2.24. The minimum atomic E-state index is 0.630. The first-order chi connectivity index (χ1) is 16.1. The molecule has 0 aromatic heterocycles. The fraction of sp³-hybridized carbons (Fsp3) is 0.515. The van der Waals surface area contributed by atoms with Gasteiger partial charge in [-0.05, 0) is 108 Å². The standard InChI is InChI=1S/C33H42/c1-23(2)24(3)29-18-17-25(19-29)15-16-26-20-30(27-9-5-4-6-10-27)22-31(21-26)33-14-8-12-28-11-7-13-32(28)33/h7-8,12-14,20-23,25,27,29H,3-6,9-11,15-19H2,1-2H3. The molecule has 0 aliphatic heterocycles. The van der Waals surface area contributed by atoms with Gasteiger partial charge >= 0.3 is 0 Å². The van der Waals surface area contributed by atoms with Crippen LogP contribution in [0.25, 0.3) is 17.2 Å². The molecule has 0 N–H and O–H groups in total. The van der Waals surface area contributed by atoms with Crippen molar-refractivity contribution in [2.75, 3.05) is 0 Å². The largest absolute Gasteiger partial charge is 0.0993 e. The lowest BCUT2D eigenvalue weighted by Crippen LogP contribution is -2.07. The van der Waals surface area contributed by atoms with Gasteiger partial charge in [-0.25, -0.2) is 0 Å². The Morgan fingerprint density at radius 1 is 1.00 bits per heavy atom. The van der Waals surface area contributed by atoms with Crippen molar-refractivity contribution >= 4 is 6.08 Å². The maximum Gasteiger partial charge on any atom is -0.00879 e. The highest BCUT2D eigenvalue weighted by atomic mass is 14.3. The molecule has 3 aliphatic carbocycles. The molecule has 0 spiro atoms. The molecular formula is C33H42. The van der Waals surface area contributed by atoms with Crippen LogP contribution in [0.5, 0.6) is 0 Å². The van der Waals surface area contributed by atoms with E-state index in [9.17, 15) is 0 Å². The highest BCUT2D eigenvalue weighted by Crippen LogP contribution is 2.41. The third-order valence-electron chi connectivity index (χ3n) is 8.87. The molecule has 3 aliphatic rings. The maximum atomic E-state index is 4.42. The van der Waals surface area contributed by atoms with Crippen molar-refractivity contribution < 1.29 is 0 Å². The molecule has 2 fully saturated rings. The van der Waals surface area contributed by atoms with Crippen molar-refractivity contribution in [1.82, 2.24) is 0 Å². The summed E-state index contributed by atoms with van der Waals surface area (Å²) in [5.74, 6) is 3.02. The van der Waals surface area contributed by atoms with E-state index in [-0.39, 0.29) is 0 Å². The van der Waals surface area contributed by atoms with E-state index >= 15 is 0 Å². The molecule has 2 aromatic rings. The number of rotatable bonds is 7.